The number of nitrogens with zero attached hydrogens (tertiary/aromatic N) is 2. The van der Waals surface area contributed by atoms with E-state index < -0.39 is 0 Å². The van der Waals surface area contributed by atoms with Crippen LogP contribution in [0.1, 0.15) is 11.1 Å². The largest absolute Gasteiger partial charge is 0.307 e. The van der Waals surface area contributed by atoms with E-state index in [1.165, 1.54) is 5.56 Å². The molecule has 0 bridgehead atoms. The summed E-state index contributed by atoms with van der Waals surface area (Å²) in [6, 6.07) is 2.06. The van der Waals surface area contributed by atoms with Gasteiger partial charge in [-0.3, -0.25) is 0 Å². The SMILES string of the molecule is Cc1cc(CCl)c2nccn2c1. The molecule has 0 fully saturated rings. The zero-order valence-corrected chi connectivity index (χ0v) is 7.54. The summed E-state index contributed by atoms with van der Waals surface area (Å²) in [4.78, 5) is 4.21. The van der Waals surface area contributed by atoms with Crippen LogP contribution in [-0.2, 0) is 5.88 Å². The Labute approximate surface area is 75.8 Å². The molecule has 12 heavy (non-hydrogen) atoms. The van der Waals surface area contributed by atoms with E-state index in [2.05, 4.69) is 18.0 Å². The summed E-state index contributed by atoms with van der Waals surface area (Å²) in [5.74, 6) is 0.516. The molecule has 2 heterocycles. The zero-order chi connectivity index (χ0) is 8.55. The summed E-state index contributed by atoms with van der Waals surface area (Å²) >= 11 is 5.78. The minimum atomic E-state index is 0.516. The highest BCUT2D eigenvalue weighted by Gasteiger charge is 2.01. The molecule has 0 unspecified atom stereocenters. The van der Waals surface area contributed by atoms with E-state index in [4.69, 9.17) is 11.6 Å². The molecule has 0 radical (unpaired) electrons. The smallest absolute Gasteiger partial charge is 0.141 e. The van der Waals surface area contributed by atoms with Gasteiger partial charge in [0.05, 0.1) is 5.88 Å². The summed E-state index contributed by atoms with van der Waals surface area (Å²) < 4.78 is 1.99. The molecule has 2 rings (SSSR count). The van der Waals surface area contributed by atoms with E-state index in [0.29, 0.717) is 5.88 Å². The number of imidazole rings is 1. The van der Waals surface area contributed by atoms with Crippen molar-refractivity contribution in [1.29, 1.82) is 0 Å². The van der Waals surface area contributed by atoms with E-state index in [1.54, 1.807) is 6.20 Å². The standard InChI is InChI=1S/C9H9ClN2/c1-7-4-8(5-10)9-11-2-3-12(9)6-7/h2-4,6H,5H2,1H3. The van der Waals surface area contributed by atoms with Gasteiger partial charge in [-0.25, -0.2) is 4.98 Å². The molecule has 0 atom stereocenters. The van der Waals surface area contributed by atoms with E-state index in [0.717, 1.165) is 11.2 Å². The molecule has 0 spiro atoms. The summed E-state index contributed by atoms with van der Waals surface area (Å²) in [5.41, 5.74) is 3.24. The Hall–Kier alpha value is -1.02. The van der Waals surface area contributed by atoms with Crippen molar-refractivity contribution in [3.05, 3.63) is 35.8 Å². The van der Waals surface area contributed by atoms with Crippen LogP contribution in [0.3, 0.4) is 0 Å². The van der Waals surface area contributed by atoms with Gasteiger partial charge in [0.15, 0.2) is 0 Å². The Kier molecular flexibility index (Phi) is 1.77. The van der Waals surface area contributed by atoms with Crippen LogP contribution in [0.4, 0.5) is 0 Å². The molecule has 2 aromatic heterocycles. The number of rotatable bonds is 1. The molecule has 0 aliphatic rings. The molecular formula is C9H9ClN2. The summed E-state index contributed by atoms with van der Waals surface area (Å²) in [6.07, 6.45) is 5.75. The normalized spacial score (nSPS) is 10.8. The second-order valence-corrected chi connectivity index (χ2v) is 3.10. The molecule has 2 nitrogen and oxygen atoms in total. The van der Waals surface area contributed by atoms with Gasteiger partial charge < -0.3 is 4.40 Å². The van der Waals surface area contributed by atoms with Crippen LogP contribution in [0.15, 0.2) is 24.7 Å². The quantitative estimate of drug-likeness (QED) is 0.616. The number of halogens is 1. The van der Waals surface area contributed by atoms with Gasteiger partial charge in [0.1, 0.15) is 5.65 Å². The molecular weight excluding hydrogens is 172 g/mol. The first kappa shape index (κ1) is 7.62. The zero-order valence-electron chi connectivity index (χ0n) is 6.79. The predicted octanol–water partition coefficient (Wildman–Crippen LogP) is 2.38. The fraction of sp³-hybridized carbons (Fsp3) is 0.222. The lowest BCUT2D eigenvalue weighted by Crippen LogP contribution is -1.90. The number of fused-ring (bicyclic) bond motifs is 1. The minimum absolute atomic E-state index is 0.516. The molecule has 0 aliphatic carbocycles. The van der Waals surface area contributed by atoms with Gasteiger partial charge in [-0.05, 0) is 18.6 Å². The Morgan fingerprint density at radius 3 is 3.17 bits per heavy atom. The summed E-state index contributed by atoms with van der Waals surface area (Å²) in [6.45, 7) is 2.05. The van der Waals surface area contributed by atoms with Crippen molar-refractivity contribution in [2.24, 2.45) is 0 Å². The number of alkyl halides is 1. The fourth-order valence-corrected chi connectivity index (χ4v) is 1.56. The lowest BCUT2D eigenvalue weighted by atomic mass is 10.2. The second-order valence-electron chi connectivity index (χ2n) is 2.83. The average molecular weight is 181 g/mol. The van der Waals surface area contributed by atoms with Gasteiger partial charge in [-0.2, -0.15) is 0 Å². The topological polar surface area (TPSA) is 17.3 Å². The van der Waals surface area contributed by atoms with Crippen LogP contribution in [0.2, 0.25) is 0 Å². The molecule has 0 aliphatic heterocycles. The van der Waals surface area contributed by atoms with Crippen LogP contribution in [0, 0.1) is 6.92 Å². The van der Waals surface area contributed by atoms with Crippen molar-refractivity contribution in [1.82, 2.24) is 9.38 Å². The van der Waals surface area contributed by atoms with Gasteiger partial charge in [0, 0.05) is 24.2 Å². The fourth-order valence-electron chi connectivity index (χ4n) is 1.36. The van der Waals surface area contributed by atoms with E-state index in [-0.39, 0.29) is 0 Å². The molecule has 0 amide bonds. The van der Waals surface area contributed by atoms with Crippen LogP contribution >= 0.6 is 11.6 Å². The third-order valence-corrected chi connectivity index (χ3v) is 2.13. The van der Waals surface area contributed by atoms with Crippen LogP contribution in [0.5, 0.6) is 0 Å². The monoisotopic (exact) mass is 180 g/mol. The van der Waals surface area contributed by atoms with Gasteiger partial charge in [0.25, 0.3) is 0 Å². The first-order valence-corrected chi connectivity index (χ1v) is 4.33. The molecule has 3 heteroatoms. The average Bonchev–Trinajstić information content (AvgIpc) is 2.50. The van der Waals surface area contributed by atoms with Crippen molar-refractivity contribution in [3.8, 4) is 0 Å². The van der Waals surface area contributed by atoms with Crippen molar-refractivity contribution >= 4 is 17.2 Å². The maximum Gasteiger partial charge on any atom is 0.141 e. The Bertz CT molecular complexity index is 406. The second kappa shape index (κ2) is 2.79. The third-order valence-electron chi connectivity index (χ3n) is 1.84. The molecule has 0 saturated carbocycles. The first-order valence-electron chi connectivity index (χ1n) is 3.79. The van der Waals surface area contributed by atoms with Gasteiger partial charge in [-0.15, -0.1) is 11.6 Å². The number of hydrogen-bond donors (Lipinski definition) is 0. The molecule has 2 aromatic rings. The van der Waals surface area contributed by atoms with Crippen LogP contribution in [-0.4, -0.2) is 9.38 Å². The lowest BCUT2D eigenvalue weighted by molar-refractivity contribution is 1.13. The highest BCUT2D eigenvalue weighted by atomic mass is 35.5. The maximum atomic E-state index is 5.78. The number of pyridine rings is 1. The van der Waals surface area contributed by atoms with E-state index in [1.807, 2.05) is 16.8 Å². The van der Waals surface area contributed by atoms with Gasteiger partial charge in [0.2, 0.25) is 0 Å². The highest BCUT2D eigenvalue weighted by molar-refractivity contribution is 6.17. The van der Waals surface area contributed by atoms with Crippen molar-refractivity contribution in [2.75, 3.05) is 0 Å². The molecule has 0 saturated heterocycles. The Morgan fingerprint density at radius 1 is 1.58 bits per heavy atom. The Morgan fingerprint density at radius 2 is 2.42 bits per heavy atom. The molecule has 0 N–H and O–H groups in total. The van der Waals surface area contributed by atoms with E-state index in [9.17, 15) is 0 Å². The number of aryl methyl sites for hydroxylation is 1. The van der Waals surface area contributed by atoms with Crippen molar-refractivity contribution in [2.45, 2.75) is 12.8 Å². The van der Waals surface area contributed by atoms with Crippen LogP contribution < -0.4 is 0 Å². The maximum absolute atomic E-state index is 5.78. The highest BCUT2D eigenvalue weighted by Crippen LogP contribution is 2.13. The molecule has 62 valence electrons. The first-order chi connectivity index (χ1) is 5.81. The Balaban J connectivity index is 2.80. The summed E-state index contributed by atoms with van der Waals surface area (Å²) in [5, 5.41) is 0. The van der Waals surface area contributed by atoms with Gasteiger partial charge >= 0.3 is 0 Å². The predicted molar refractivity (Wildman–Crippen MR) is 49.5 cm³/mol. The van der Waals surface area contributed by atoms with Crippen LogP contribution in [0.25, 0.3) is 5.65 Å². The minimum Gasteiger partial charge on any atom is -0.307 e. The van der Waals surface area contributed by atoms with Crippen molar-refractivity contribution < 1.29 is 0 Å². The third kappa shape index (κ3) is 1.08. The van der Waals surface area contributed by atoms with Gasteiger partial charge in [-0.1, -0.05) is 0 Å². The number of hydrogen-bond acceptors (Lipinski definition) is 1. The van der Waals surface area contributed by atoms with Crippen molar-refractivity contribution in [3.63, 3.8) is 0 Å². The molecule has 0 aromatic carbocycles. The number of aromatic nitrogens is 2. The lowest BCUT2D eigenvalue weighted by Gasteiger charge is -2.01. The van der Waals surface area contributed by atoms with E-state index >= 15 is 0 Å². The summed E-state index contributed by atoms with van der Waals surface area (Å²) in [7, 11) is 0.